The molecule has 9 heteroatoms. The van der Waals surface area contributed by atoms with E-state index < -0.39 is 18.1 Å². The third-order valence-electron chi connectivity index (χ3n) is 4.61. The van der Waals surface area contributed by atoms with Crippen molar-refractivity contribution in [3.8, 4) is 0 Å². The molecule has 1 aliphatic carbocycles. The molecule has 2 aromatic rings. The Kier molecular flexibility index (Phi) is 4.74. The van der Waals surface area contributed by atoms with Crippen LogP contribution in [0.3, 0.4) is 0 Å². The second kappa shape index (κ2) is 6.71. The smallest absolute Gasteiger partial charge is 0.326 e. The van der Waals surface area contributed by atoms with Crippen LogP contribution in [0.1, 0.15) is 42.1 Å². The Morgan fingerprint density at radius 3 is 2.58 bits per heavy atom. The molecule has 8 nitrogen and oxygen atoms in total. The summed E-state index contributed by atoms with van der Waals surface area (Å²) in [5.41, 5.74) is 0.845. The van der Waals surface area contributed by atoms with Crippen molar-refractivity contribution in [1.29, 1.82) is 0 Å². The van der Waals surface area contributed by atoms with Crippen LogP contribution >= 0.6 is 11.3 Å². The minimum absolute atomic E-state index is 0.0500. The lowest BCUT2D eigenvalue weighted by Gasteiger charge is -2.29. The summed E-state index contributed by atoms with van der Waals surface area (Å²) in [4.78, 5) is 39.3. The molecule has 2 heterocycles. The van der Waals surface area contributed by atoms with Crippen molar-refractivity contribution < 1.29 is 19.5 Å². The molecule has 1 saturated carbocycles. The number of aliphatic carboxylic acids is 1. The fraction of sp³-hybridized carbons (Fsp3) is 0.529. The molecule has 26 heavy (non-hydrogen) atoms. The van der Waals surface area contributed by atoms with E-state index in [4.69, 9.17) is 0 Å². The Bertz CT molecular complexity index is 848. The predicted octanol–water partition coefficient (Wildman–Crippen LogP) is 1.53. The Morgan fingerprint density at radius 2 is 2.04 bits per heavy atom. The van der Waals surface area contributed by atoms with E-state index in [-0.39, 0.29) is 17.9 Å². The zero-order valence-electron chi connectivity index (χ0n) is 15.1. The summed E-state index contributed by atoms with van der Waals surface area (Å²) in [5.74, 6) is -1.75. The van der Waals surface area contributed by atoms with Gasteiger partial charge in [0.15, 0.2) is 0 Å². The van der Waals surface area contributed by atoms with Crippen LogP contribution in [0.2, 0.25) is 0 Å². The lowest BCUT2D eigenvalue weighted by Crippen LogP contribution is -2.52. The number of amides is 2. The van der Waals surface area contributed by atoms with E-state index in [9.17, 15) is 19.5 Å². The molecule has 2 atom stereocenters. The Morgan fingerprint density at radius 1 is 1.38 bits per heavy atom. The van der Waals surface area contributed by atoms with Gasteiger partial charge in [0.1, 0.15) is 16.9 Å². The van der Waals surface area contributed by atoms with Gasteiger partial charge in [0, 0.05) is 18.5 Å². The quantitative estimate of drug-likeness (QED) is 0.793. The first kappa shape index (κ1) is 18.4. The van der Waals surface area contributed by atoms with E-state index in [0.717, 1.165) is 28.8 Å². The van der Waals surface area contributed by atoms with Gasteiger partial charge in [0.25, 0.3) is 5.91 Å². The monoisotopic (exact) mass is 378 g/mol. The number of aromatic nitrogens is 2. The van der Waals surface area contributed by atoms with Crippen molar-refractivity contribution in [2.24, 2.45) is 7.05 Å². The number of carbonyl (C=O) groups is 3. The van der Waals surface area contributed by atoms with Crippen LogP contribution < -0.4 is 5.32 Å². The highest BCUT2D eigenvalue weighted by Gasteiger charge is 2.40. The second-order valence-electron chi connectivity index (χ2n) is 6.72. The molecule has 1 fully saturated rings. The number of carboxylic acid groups (broad SMARTS) is 1. The molecule has 0 aromatic carbocycles. The van der Waals surface area contributed by atoms with Crippen LogP contribution in [-0.2, 0) is 16.6 Å². The summed E-state index contributed by atoms with van der Waals surface area (Å²) in [5, 5.41) is 17.2. The summed E-state index contributed by atoms with van der Waals surface area (Å²) in [6.07, 6.45) is 1.60. The van der Waals surface area contributed by atoms with E-state index in [0.29, 0.717) is 4.88 Å². The summed E-state index contributed by atoms with van der Waals surface area (Å²) >= 11 is 1.31. The molecular weight excluding hydrogens is 356 g/mol. The SMILES string of the molecule is Cc1nn(C)c2sc(C(=O)NC(C)C(=O)N(C3CC3)C(C)C(=O)O)cc12. The number of nitrogens with zero attached hydrogens (tertiary/aromatic N) is 3. The van der Waals surface area contributed by atoms with Gasteiger partial charge in [0.05, 0.1) is 10.6 Å². The molecule has 140 valence electrons. The van der Waals surface area contributed by atoms with Gasteiger partial charge in [0.2, 0.25) is 5.91 Å². The zero-order valence-corrected chi connectivity index (χ0v) is 16.0. The van der Waals surface area contributed by atoms with Gasteiger partial charge >= 0.3 is 5.97 Å². The number of nitrogens with one attached hydrogen (secondary N) is 1. The molecule has 0 spiro atoms. The molecule has 2 N–H and O–H groups in total. The molecule has 0 bridgehead atoms. The number of fused-ring (bicyclic) bond motifs is 1. The highest BCUT2D eigenvalue weighted by molar-refractivity contribution is 7.20. The Balaban J connectivity index is 1.73. The van der Waals surface area contributed by atoms with Crippen LogP contribution in [0, 0.1) is 6.92 Å². The summed E-state index contributed by atoms with van der Waals surface area (Å²) in [7, 11) is 1.82. The average Bonchev–Trinajstić information content (AvgIpc) is 3.22. The van der Waals surface area contributed by atoms with Gasteiger partial charge < -0.3 is 15.3 Å². The minimum Gasteiger partial charge on any atom is -0.480 e. The number of hydrogen-bond acceptors (Lipinski definition) is 5. The number of hydrogen-bond donors (Lipinski definition) is 2. The van der Waals surface area contributed by atoms with Crippen LogP contribution in [-0.4, -0.2) is 55.7 Å². The second-order valence-corrected chi connectivity index (χ2v) is 7.76. The summed E-state index contributed by atoms with van der Waals surface area (Å²) in [6.45, 7) is 4.96. The predicted molar refractivity (Wildman–Crippen MR) is 97.2 cm³/mol. The fourth-order valence-corrected chi connectivity index (χ4v) is 4.06. The van der Waals surface area contributed by atoms with Crippen LogP contribution in [0.5, 0.6) is 0 Å². The first-order chi connectivity index (χ1) is 12.2. The first-order valence-electron chi connectivity index (χ1n) is 8.49. The van der Waals surface area contributed by atoms with Gasteiger partial charge in [-0.15, -0.1) is 11.3 Å². The van der Waals surface area contributed by atoms with Crippen molar-refractivity contribution in [1.82, 2.24) is 20.0 Å². The highest BCUT2D eigenvalue weighted by atomic mass is 32.1. The maximum Gasteiger partial charge on any atom is 0.326 e. The normalized spacial score (nSPS) is 16.3. The minimum atomic E-state index is -1.05. The number of rotatable bonds is 6. The van der Waals surface area contributed by atoms with Crippen molar-refractivity contribution in [2.75, 3.05) is 0 Å². The first-order valence-corrected chi connectivity index (χ1v) is 9.31. The lowest BCUT2D eigenvalue weighted by atomic mass is 10.2. The van der Waals surface area contributed by atoms with Gasteiger partial charge in [-0.2, -0.15) is 5.10 Å². The van der Waals surface area contributed by atoms with Gasteiger partial charge in [-0.25, -0.2) is 4.79 Å². The molecule has 0 saturated heterocycles. The van der Waals surface area contributed by atoms with Crippen molar-refractivity contribution in [3.05, 3.63) is 16.6 Å². The fourth-order valence-electron chi connectivity index (χ4n) is 3.03. The van der Waals surface area contributed by atoms with E-state index in [1.54, 1.807) is 17.7 Å². The van der Waals surface area contributed by atoms with Crippen molar-refractivity contribution in [2.45, 2.75) is 51.7 Å². The summed E-state index contributed by atoms with van der Waals surface area (Å²) in [6, 6.07) is 0.0145. The van der Waals surface area contributed by atoms with Crippen LogP contribution in [0.25, 0.3) is 10.2 Å². The van der Waals surface area contributed by atoms with Crippen LogP contribution in [0.15, 0.2) is 6.07 Å². The molecule has 2 unspecified atom stereocenters. The van der Waals surface area contributed by atoms with E-state index in [1.807, 2.05) is 14.0 Å². The largest absolute Gasteiger partial charge is 0.480 e. The van der Waals surface area contributed by atoms with Crippen molar-refractivity contribution >= 4 is 39.3 Å². The third kappa shape index (κ3) is 3.31. The van der Waals surface area contributed by atoms with E-state index in [1.165, 1.54) is 23.2 Å². The maximum atomic E-state index is 12.7. The Labute approximate surface area is 154 Å². The molecule has 0 aliphatic heterocycles. The average molecular weight is 378 g/mol. The maximum absolute atomic E-state index is 12.7. The topological polar surface area (TPSA) is 105 Å². The van der Waals surface area contributed by atoms with E-state index >= 15 is 0 Å². The zero-order chi connectivity index (χ0) is 19.2. The van der Waals surface area contributed by atoms with E-state index in [2.05, 4.69) is 10.4 Å². The lowest BCUT2D eigenvalue weighted by molar-refractivity contribution is -0.150. The molecule has 0 radical (unpaired) electrons. The molecule has 2 amide bonds. The number of carboxylic acids is 1. The number of thiophene rings is 1. The molecule has 2 aromatic heterocycles. The molecular formula is C17H22N4O4S. The van der Waals surface area contributed by atoms with Gasteiger partial charge in [-0.05, 0) is 39.7 Å². The molecule has 1 aliphatic rings. The van der Waals surface area contributed by atoms with Gasteiger partial charge in [-0.1, -0.05) is 0 Å². The van der Waals surface area contributed by atoms with Crippen LogP contribution in [0.4, 0.5) is 0 Å². The Hall–Kier alpha value is -2.42. The summed E-state index contributed by atoms with van der Waals surface area (Å²) < 4.78 is 1.73. The molecule has 3 rings (SSSR count). The standard InChI is InChI=1S/C17H22N4O4S/c1-8-12-7-13(26-16(12)20(4)19-8)14(22)18-9(2)15(23)21(11-5-6-11)10(3)17(24)25/h7,9-11H,5-6H2,1-4H3,(H,18,22)(H,24,25). The van der Waals surface area contributed by atoms with Crippen molar-refractivity contribution in [3.63, 3.8) is 0 Å². The third-order valence-corrected chi connectivity index (χ3v) is 5.81. The number of carbonyl (C=O) groups excluding carboxylic acids is 2. The highest BCUT2D eigenvalue weighted by Crippen LogP contribution is 2.30. The van der Waals surface area contributed by atoms with Gasteiger partial charge in [-0.3, -0.25) is 14.3 Å². The number of aryl methyl sites for hydroxylation is 2.